The quantitative estimate of drug-likeness (QED) is 0.943. The molecule has 0 saturated carbocycles. The molecule has 1 aromatic heterocycles. The number of amides is 1. The van der Waals surface area contributed by atoms with Gasteiger partial charge in [-0.25, -0.2) is 4.98 Å². The van der Waals surface area contributed by atoms with Crippen LogP contribution in [0.1, 0.15) is 25.2 Å². The van der Waals surface area contributed by atoms with Gasteiger partial charge in [0, 0.05) is 36.4 Å². The van der Waals surface area contributed by atoms with Crippen molar-refractivity contribution in [3.05, 3.63) is 29.6 Å². The number of rotatable bonds is 4. The summed E-state index contributed by atoms with van der Waals surface area (Å²) < 4.78 is 4.35. The molecule has 0 atom stereocenters. The number of anilines is 3. The first-order valence-corrected chi connectivity index (χ1v) is 7.79. The number of hydrogen-bond donors (Lipinski definition) is 1. The highest BCUT2D eigenvalue weighted by Gasteiger charge is 2.23. The summed E-state index contributed by atoms with van der Waals surface area (Å²) >= 11 is 1.37. The van der Waals surface area contributed by atoms with Gasteiger partial charge in [-0.05, 0) is 29.7 Å². The van der Waals surface area contributed by atoms with Crippen LogP contribution in [0.4, 0.5) is 16.5 Å². The molecule has 1 aliphatic rings. The lowest BCUT2D eigenvalue weighted by Gasteiger charge is -2.10. The van der Waals surface area contributed by atoms with Gasteiger partial charge in [-0.3, -0.25) is 4.79 Å². The fraction of sp³-hybridized carbons (Fsp3) is 0.400. The summed E-state index contributed by atoms with van der Waals surface area (Å²) in [5.41, 5.74) is 2.99. The van der Waals surface area contributed by atoms with Gasteiger partial charge < -0.3 is 10.2 Å². The van der Waals surface area contributed by atoms with Crippen molar-refractivity contribution < 1.29 is 4.79 Å². The van der Waals surface area contributed by atoms with Crippen LogP contribution < -0.4 is 10.2 Å². The topological polar surface area (TPSA) is 58.1 Å². The number of hydrogen-bond acceptors (Lipinski definition) is 5. The normalized spacial score (nSPS) is 13.9. The molecule has 0 radical (unpaired) electrons. The maximum atomic E-state index is 11.7. The second-order valence-corrected chi connectivity index (χ2v) is 6.46. The third-order valence-corrected chi connectivity index (χ3v) is 4.14. The third-order valence-electron chi connectivity index (χ3n) is 3.47. The molecule has 0 unspecified atom stereocenters. The molecule has 6 heteroatoms. The van der Waals surface area contributed by atoms with Crippen LogP contribution in [0.25, 0.3) is 0 Å². The van der Waals surface area contributed by atoms with Crippen LogP contribution in [0, 0.1) is 5.92 Å². The van der Waals surface area contributed by atoms with Gasteiger partial charge >= 0.3 is 0 Å². The Bertz CT molecular complexity index is 680. The third kappa shape index (κ3) is 2.90. The van der Waals surface area contributed by atoms with E-state index in [-0.39, 0.29) is 5.91 Å². The zero-order valence-corrected chi connectivity index (χ0v) is 13.2. The van der Waals surface area contributed by atoms with Crippen molar-refractivity contribution in [1.29, 1.82) is 0 Å². The van der Waals surface area contributed by atoms with Gasteiger partial charge in [0.05, 0.1) is 6.42 Å². The minimum atomic E-state index is 0.136. The lowest BCUT2D eigenvalue weighted by atomic mass is 10.1. The lowest BCUT2D eigenvalue weighted by Crippen LogP contribution is -2.20. The van der Waals surface area contributed by atoms with E-state index in [1.54, 1.807) is 4.90 Å². The Morgan fingerprint density at radius 3 is 3.00 bits per heavy atom. The summed E-state index contributed by atoms with van der Waals surface area (Å²) in [7, 11) is 1.81. The van der Waals surface area contributed by atoms with Crippen LogP contribution in [0.3, 0.4) is 0 Å². The fourth-order valence-corrected chi connectivity index (χ4v) is 3.04. The van der Waals surface area contributed by atoms with E-state index < -0.39 is 0 Å². The Hall–Kier alpha value is -1.95. The molecule has 5 nitrogen and oxygen atoms in total. The SMILES string of the molecule is CC(C)Cc1nsc(Nc2ccc3c(c2)CC(=O)N3C)n1. The van der Waals surface area contributed by atoms with Crippen LogP contribution in [-0.2, 0) is 17.6 Å². The van der Waals surface area contributed by atoms with E-state index in [9.17, 15) is 4.79 Å². The van der Waals surface area contributed by atoms with Crippen LogP contribution in [-0.4, -0.2) is 22.3 Å². The molecule has 3 rings (SSSR count). The Labute approximate surface area is 128 Å². The molecule has 2 aromatic rings. The van der Waals surface area contributed by atoms with E-state index in [0.29, 0.717) is 12.3 Å². The van der Waals surface area contributed by atoms with E-state index in [4.69, 9.17) is 0 Å². The molecule has 1 N–H and O–H groups in total. The molecule has 1 aromatic carbocycles. The van der Waals surface area contributed by atoms with Crippen molar-refractivity contribution in [3.8, 4) is 0 Å². The highest BCUT2D eigenvalue weighted by Crippen LogP contribution is 2.31. The average Bonchev–Trinajstić information content (AvgIpc) is 2.95. The van der Waals surface area contributed by atoms with Gasteiger partial charge in [-0.15, -0.1) is 0 Å². The molecular formula is C15H18N4OS. The monoisotopic (exact) mass is 302 g/mol. The second-order valence-electron chi connectivity index (χ2n) is 5.71. The molecule has 1 amide bonds. The van der Waals surface area contributed by atoms with Crippen LogP contribution in [0.2, 0.25) is 0 Å². The van der Waals surface area contributed by atoms with Crippen molar-refractivity contribution >= 4 is 33.9 Å². The van der Waals surface area contributed by atoms with Crippen molar-refractivity contribution in [2.45, 2.75) is 26.7 Å². The average molecular weight is 302 g/mol. The van der Waals surface area contributed by atoms with Crippen molar-refractivity contribution in [1.82, 2.24) is 9.36 Å². The summed E-state index contributed by atoms with van der Waals surface area (Å²) in [5.74, 6) is 1.57. The highest BCUT2D eigenvalue weighted by atomic mass is 32.1. The molecule has 0 bridgehead atoms. The van der Waals surface area contributed by atoms with Gasteiger partial charge in [-0.2, -0.15) is 4.37 Å². The van der Waals surface area contributed by atoms with Crippen molar-refractivity contribution in [2.24, 2.45) is 5.92 Å². The van der Waals surface area contributed by atoms with Crippen LogP contribution in [0.15, 0.2) is 18.2 Å². The number of nitrogens with one attached hydrogen (secondary N) is 1. The van der Waals surface area contributed by atoms with Gasteiger partial charge in [0.1, 0.15) is 5.82 Å². The van der Waals surface area contributed by atoms with E-state index in [2.05, 4.69) is 28.5 Å². The van der Waals surface area contributed by atoms with Gasteiger partial charge in [-0.1, -0.05) is 13.8 Å². The summed E-state index contributed by atoms with van der Waals surface area (Å²) in [4.78, 5) is 17.9. The maximum absolute atomic E-state index is 11.7. The van der Waals surface area contributed by atoms with Gasteiger partial charge in [0.2, 0.25) is 11.0 Å². The van der Waals surface area contributed by atoms with Crippen LogP contribution >= 0.6 is 11.5 Å². The molecule has 2 heterocycles. The number of fused-ring (bicyclic) bond motifs is 1. The number of carbonyl (C=O) groups is 1. The zero-order valence-electron chi connectivity index (χ0n) is 12.4. The first kappa shape index (κ1) is 14.0. The standard InChI is InChI=1S/C15H18N4OS/c1-9(2)6-13-17-15(21-18-13)16-11-4-5-12-10(7-11)8-14(20)19(12)3/h4-5,7,9H,6,8H2,1-3H3,(H,16,17,18). The largest absolute Gasteiger partial charge is 0.330 e. The Morgan fingerprint density at radius 1 is 1.43 bits per heavy atom. The second kappa shape index (κ2) is 5.44. The number of likely N-dealkylation sites (N-methyl/N-ethyl adjacent to an activating group) is 1. The number of aromatic nitrogens is 2. The molecule has 21 heavy (non-hydrogen) atoms. The first-order valence-electron chi connectivity index (χ1n) is 7.02. The molecule has 0 spiro atoms. The number of carbonyl (C=O) groups excluding carboxylic acids is 1. The highest BCUT2D eigenvalue weighted by molar-refractivity contribution is 7.09. The minimum Gasteiger partial charge on any atom is -0.330 e. The molecule has 1 aliphatic heterocycles. The van der Waals surface area contributed by atoms with Gasteiger partial charge in [0.15, 0.2) is 0 Å². The fourth-order valence-electron chi connectivity index (χ4n) is 2.42. The van der Waals surface area contributed by atoms with Crippen LogP contribution in [0.5, 0.6) is 0 Å². The minimum absolute atomic E-state index is 0.136. The predicted molar refractivity (Wildman–Crippen MR) is 85.3 cm³/mol. The molecule has 0 fully saturated rings. The molecule has 110 valence electrons. The van der Waals surface area contributed by atoms with E-state index in [1.165, 1.54) is 11.5 Å². The van der Waals surface area contributed by atoms with Crippen molar-refractivity contribution in [2.75, 3.05) is 17.3 Å². The molecular weight excluding hydrogens is 284 g/mol. The maximum Gasteiger partial charge on any atom is 0.231 e. The number of benzene rings is 1. The molecule has 0 saturated heterocycles. The number of nitrogens with zero attached hydrogens (tertiary/aromatic N) is 3. The van der Waals surface area contributed by atoms with E-state index in [0.717, 1.165) is 34.3 Å². The smallest absolute Gasteiger partial charge is 0.231 e. The molecule has 0 aliphatic carbocycles. The summed E-state index contributed by atoms with van der Waals surface area (Å²) in [6.07, 6.45) is 1.36. The Morgan fingerprint density at radius 2 is 2.24 bits per heavy atom. The predicted octanol–water partition coefficient (Wildman–Crippen LogP) is 3.00. The summed E-state index contributed by atoms with van der Waals surface area (Å²) in [5, 5.41) is 4.07. The summed E-state index contributed by atoms with van der Waals surface area (Å²) in [6.45, 7) is 4.31. The Balaban J connectivity index is 1.76. The van der Waals surface area contributed by atoms with Crippen molar-refractivity contribution in [3.63, 3.8) is 0 Å². The lowest BCUT2D eigenvalue weighted by molar-refractivity contribution is -0.117. The Kier molecular flexibility index (Phi) is 3.63. The summed E-state index contributed by atoms with van der Waals surface area (Å²) in [6, 6.07) is 5.95. The van der Waals surface area contributed by atoms with E-state index >= 15 is 0 Å². The first-order chi connectivity index (χ1) is 10.0. The zero-order chi connectivity index (χ0) is 15.0. The van der Waals surface area contributed by atoms with Gasteiger partial charge in [0.25, 0.3) is 0 Å². The van der Waals surface area contributed by atoms with E-state index in [1.807, 2.05) is 25.2 Å².